The molecular formula is C19H15ClN4O. The van der Waals surface area contributed by atoms with Crippen LogP contribution in [0.2, 0.25) is 5.02 Å². The summed E-state index contributed by atoms with van der Waals surface area (Å²) in [5.74, 6) is -0.238. The minimum absolute atomic E-state index is 0.238. The van der Waals surface area contributed by atoms with Crippen molar-refractivity contribution >= 4 is 23.2 Å². The third kappa shape index (κ3) is 4.25. The molecule has 2 aromatic carbocycles. The SMILES string of the molecule is N#CCc1ccc(NC(=O)c2cnn(Cc3ccccc3Cl)c2)cc1. The lowest BCUT2D eigenvalue weighted by atomic mass is 10.1. The first-order chi connectivity index (χ1) is 12.2. The largest absolute Gasteiger partial charge is 0.322 e. The summed E-state index contributed by atoms with van der Waals surface area (Å²) in [4.78, 5) is 12.3. The van der Waals surface area contributed by atoms with Crippen LogP contribution < -0.4 is 5.32 Å². The Balaban J connectivity index is 1.66. The summed E-state index contributed by atoms with van der Waals surface area (Å²) in [5, 5.41) is 16.4. The van der Waals surface area contributed by atoms with Crippen LogP contribution in [-0.2, 0) is 13.0 Å². The van der Waals surface area contributed by atoms with Gasteiger partial charge in [0.1, 0.15) is 0 Å². The van der Waals surface area contributed by atoms with Crippen molar-refractivity contribution in [1.82, 2.24) is 9.78 Å². The standard InChI is InChI=1S/C19H15ClN4O/c20-18-4-2-1-3-15(18)12-24-13-16(11-22-24)19(25)23-17-7-5-14(6-8-17)9-10-21/h1-8,11,13H,9,12H2,(H,23,25). The fraction of sp³-hybridized carbons (Fsp3) is 0.105. The number of benzene rings is 2. The normalized spacial score (nSPS) is 10.2. The van der Waals surface area contributed by atoms with E-state index in [9.17, 15) is 4.79 Å². The molecule has 0 spiro atoms. The maximum Gasteiger partial charge on any atom is 0.258 e. The average molecular weight is 351 g/mol. The number of nitrogens with zero attached hydrogens (tertiary/aromatic N) is 3. The molecule has 1 aromatic heterocycles. The zero-order chi connectivity index (χ0) is 17.6. The number of rotatable bonds is 5. The van der Waals surface area contributed by atoms with Crippen molar-refractivity contribution in [2.45, 2.75) is 13.0 Å². The fourth-order valence-electron chi connectivity index (χ4n) is 2.37. The van der Waals surface area contributed by atoms with Crippen LogP contribution in [0.1, 0.15) is 21.5 Å². The Hall–Kier alpha value is -3.10. The van der Waals surface area contributed by atoms with E-state index in [-0.39, 0.29) is 5.91 Å². The predicted octanol–water partition coefficient (Wildman–Crippen LogP) is 3.90. The number of hydrogen-bond donors (Lipinski definition) is 1. The summed E-state index contributed by atoms with van der Waals surface area (Å²) in [6.45, 7) is 0.496. The van der Waals surface area contributed by atoms with Crippen LogP contribution in [0.4, 0.5) is 5.69 Å². The number of anilines is 1. The molecule has 3 aromatic rings. The first-order valence-corrected chi connectivity index (χ1v) is 8.06. The minimum atomic E-state index is -0.238. The Morgan fingerprint density at radius 3 is 2.68 bits per heavy atom. The van der Waals surface area contributed by atoms with E-state index in [2.05, 4.69) is 16.5 Å². The molecule has 0 aliphatic heterocycles. The van der Waals surface area contributed by atoms with Crippen LogP contribution in [0, 0.1) is 11.3 Å². The van der Waals surface area contributed by atoms with E-state index in [1.54, 1.807) is 23.0 Å². The number of amides is 1. The molecule has 0 saturated heterocycles. The lowest BCUT2D eigenvalue weighted by molar-refractivity contribution is 0.102. The number of aromatic nitrogens is 2. The molecule has 0 radical (unpaired) electrons. The van der Waals surface area contributed by atoms with Gasteiger partial charge < -0.3 is 5.32 Å². The molecule has 0 aliphatic carbocycles. The summed E-state index contributed by atoms with van der Waals surface area (Å²) in [6, 6.07) is 16.8. The van der Waals surface area contributed by atoms with Gasteiger partial charge in [-0.2, -0.15) is 10.4 Å². The average Bonchev–Trinajstić information content (AvgIpc) is 3.08. The van der Waals surface area contributed by atoms with Crippen molar-refractivity contribution in [3.63, 3.8) is 0 Å². The van der Waals surface area contributed by atoms with Gasteiger partial charge in [0.05, 0.1) is 30.8 Å². The van der Waals surface area contributed by atoms with Gasteiger partial charge in [-0.3, -0.25) is 9.48 Å². The van der Waals surface area contributed by atoms with E-state index in [0.29, 0.717) is 29.2 Å². The molecule has 0 aliphatic rings. The van der Waals surface area contributed by atoms with Crippen LogP contribution in [0.15, 0.2) is 60.9 Å². The van der Waals surface area contributed by atoms with E-state index in [1.165, 1.54) is 6.20 Å². The Labute approximate surface area is 150 Å². The molecule has 124 valence electrons. The van der Waals surface area contributed by atoms with Crippen LogP contribution in [-0.4, -0.2) is 15.7 Å². The molecule has 1 N–H and O–H groups in total. The van der Waals surface area contributed by atoms with E-state index in [0.717, 1.165) is 11.1 Å². The van der Waals surface area contributed by atoms with Gasteiger partial charge in [-0.25, -0.2) is 0 Å². The molecular weight excluding hydrogens is 336 g/mol. The third-order valence-corrected chi connectivity index (χ3v) is 4.05. The summed E-state index contributed by atoms with van der Waals surface area (Å²) in [6.07, 6.45) is 3.56. The molecule has 1 heterocycles. The number of carbonyl (C=O) groups excluding carboxylic acids is 1. The number of halogens is 1. The lowest BCUT2D eigenvalue weighted by Crippen LogP contribution is -2.11. The van der Waals surface area contributed by atoms with Crippen LogP contribution in [0.3, 0.4) is 0 Å². The van der Waals surface area contributed by atoms with Gasteiger partial charge in [-0.05, 0) is 29.3 Å². The van der Waals surface area contributed by atoms with Gasteiger partial charge in [0, 0.05) is 16.9 Å². The van der Waals surface area contributed by atoms with Gasteiger partial charge in [-0.1, -0.05) is 41.9 Å². The highest BCUT2D eigenvalue weighted by molar-refractivity contribution is 6.31. The Kier molecular flexibility index (Phi) is 5.12. The number of nitrogens with one attached hydrogen (secondary N) is 1. The van der Waals surface area contributed by atoms with Gasteiger partial charge in [-0.15, -0.1) is 0 Å². The summed E-state index contributed by atoms with van der Waals surface area (Å²) in [5.41, 5.74) is 2.99. The highest BCUT2D eigenvalue weighted by Gasteiger charge is 2.10. The third-order valence-electron chi connectivity index (χ3n) is 3.68. The van der Waals surface area contributed by atoms with Gasteiger partial charge in [0.25, 0.3) is 5.91 Å². The van der Waals surface area contributed by atoms with Gasteiger partial charge >= 0.3 is 0 Å². The van der Waals surface area contributed by atoms with E-state index >= 15 is 0 Å². The Bertz CT molecular complexity index is 925. The van der Waals surface area contributed by atoms with Crippen molar-refractivity contribution in [2.75, 3.05) is 5.32 Å². The van der Waals surface area contributed by atoms with Crippen LogP contribution >= 0.6 is 11.6 Å². The second kappa shape index (κ2) is 7.65. The van der Waals surface area contributed by atoms with Crippen LogP contribution in [0.25, 0.3) is 0 Å². The number of carbonyl (C=O) groups is 1. The zero-order valence-corrected chi connectivity index (χ0v) is 14.1. The molecule has 0 saturated carbocycles. The maximum absolute atomic E-state index is 12.3. The summed E-state index contributed by atoms with van der Waals surface area (Å²) >= 11 is 6.15. The molecule has 25 heavy (non-hydrogen) atoms. The molecule has 0 atom stereocenters. The summed E-state index contributed by atoms with van der Waals surface area (Å²) < 4.78 is 1.67. The quantitative estimate of drug-likeness (QED) is 0.758. The number of hydrogen-bond acceptors (Lipinski definition) is 3. The first-order valence-electron chi connectivity index (χ1n) is 7.69. The highest BCUT2D eigenvalue weighted by Crippen LogP contribution is 2.16. The zero-order valence-electron chi connectivity index (χ0n) is 13.3. The molecule has 0 bridgehead atoms. The van der Waals surface area contributed by atoms with Gasteiger partial charge in [0.2, 0.25) is 0 Å². The molecule has 5 nitrogen and oxygen atoms in total. The van der Waals surface area contributed by atoms with Crippen molar-refractivity contribution < 1.29 is 4.79 Å². The smallest absolute Gasteiger partial charge is 0.258 e. The van der Waals surface area contributed by atoms with E-state index in [4.69, 9.17) is 16.9 Å². The second-order valence-corrected chi connectivity index (χ2v) is 5.91. The molecule has 0 unspecified atom stereocenters. The van der Waals surface area contributed by atoms with E-state index < -0.39 is 0 Å². The highest BCUT2D eigenvalue weighted by atomic mass is 35.5. The monoisotopic (exact) mass is 350 g/mol. The maximum atomic E-state index is 12.3. The molecule has 3 rings (SSSR count). The predicted molar refractivity (Wildman–Crippen MR) is 96.5 cm³/mol. The molecule has 6 heteroatoms. The topological polar surface area (TPSA) is 70.7 Å². The van der Waals surface area contributed by atoms with Crippen LogP contribution in [0.5, 0.6) is 0 Å². The lowest BCUT2D eigenvalue weighted by Gasteiger charge is -2.05. The fourth-order valence-corrected chi connectivity index (χ4v) is 2.56. The summed E-state index contributed by atoms with van der Waals surface area (Å²) in [7, 11) is 0. The number of nitriles is 1. The van der Waals surface area contributed by atoms with Crippen molar-refractivity contribution in [3.05, 3.63) is 82.6 Å². The van der Waals surface area contributed by atoms with Crippen molar-refractivity contribution in [2.24, 2.45) is 0 Å². The Morgan fingerprint density at radius 2 is 1.96 bits per heavy atom. The first kappa shape index (κ1) is 16.7. The van der Waals surface area contributed by atoms with E-state index in [1.807, 2.05) is 36.4 Å². The van der Waals surface area contributed by atoms with Gasteiger partial charge in [0.15, 0.2) is 0 Å². The Morgan fingerprint density at radius 1 is 1.20 bits per heavy atom. The minimum Gasteiger partial charge on any atom is -0.322 e. The van der Waals surface area contributed by atoms with Crippen molar-refractivity contribution in [3.8, 4) is 6.07 Å². The van der Waals surface area contributed by atoms with Crippen molar-refractivity contribution in [1.29, 1.82) is 5.26 Å². The molecule has 0 fully saturated rings. The second-order valence-electron chi connectivity index (χ2n) is 5.50. The molecule has 1 amide bonds.